The fraction of sp³-hybridized carbons (Fsp3) is 0.556. The lowest BCUT2D eigenvalue weighted by atomic mass is 9.87. The zero-order chi connectivity index (χ0) is 15.6. The van der Waals surface area contributed by atoms with E-state index >= 15 is 0 Å². The Morgan fingerprint density at radius 1 is 0.900 bits per heavy atom. The van der Waals surface area contributed by atoms with E-state index in [9.17, 15) is 0 Å². The van der Waals surface area contributed by atoms with E-state index in [1.54, 1.807) is 0 Å². The van der Waals surface area contributed by atoms with Gasteiger partial charge in [-0.15, -0.1) is 0 Å². The second-order valence-corrected chi connectivity index (χ2v) is 11.8. The molecule has 0 aliphatic carbocycles. The molecule has 0 saturated carbocycles. The summed E-state index contributed by atoms with van der Waals surface area (Å²) in [5.74, 6) is 0. The van der Waals surface area contributed by atoms with Crippen molar-refractivity contribution in [2.24, 2.45) is 0 Å². The van der Waals surface area contributed by atoms with Crippen LogP contribution in [0.2, 0.25) is 13.1 Å². The summed E-state index contributed by atoms with van der Waals surface area (Å²) in [4.78, 5) is 0. The van der Waals surface area contributed by atoms with Crippen LogP contribution in [0.5, 0.6) is 0 Å². The summed E-state index contributed by atoms with van der Waals surface area (Å²) in [7, 11) is -1.75. The van der Waals surface area contributed by atoms with Gasteiger partial charge < -0.3 is 4.43 Å². The third-order valence-corrected chi connectivity index (χ3v) is 5.13. The van der Waals surface area contributed by atoms with Gasteiger partial charge in [-0.3, -0.25) is 0 Å². The predicted octanol–water partition coefficient (Wildman–Crippen LogP) is 5.56. The molecule has 112 valence electrons. The lowest BCUT2D eigenvalue weighted by Crippen LogP contribution is -2.37. The molecule has 20 heavy (non-hydrogen) atoms. The first kappa shape index (κ1) is 17.2. The van der Waals surface area contributed by atoms with E-state index < -0.39 is 8.32 Å². The zero-order valence-corrected chi connectivity index (χ0v) is 15.4. The van der Waals surface area contributed by atoms with Gasteiger partial charge in [-0.2, -0.15) is 0 Å². The lowest BCUT2D eigenvalue weighted by Gasteiger charge is -2.30. The van der Waals surface area contributed by atoms with Crippen LogP contribution >= 0.6 is 0 Å². The van der Waals surface area contributed by atoms with Crippen LogP contribution in [-0.2, 0) is 9.84 Å². The van der Waals surface area contributed by atoms with Gasteiger partial charge in [-0.1, -0.05) is 56.8 Å². The van der Waals surface area contributed by atoms with Crippen LogP contribution in [0, 0.1) is 0 Å². The molecular weight excluding hydrogens is 260 g/mol. The van der Waals surface area contributed by atoms with Gasteiger partial charge in [0.2, 0.25) is 8.32 Å². The van der Waals surface area contributed by atoms with E-state index in [-0.39, 0.29) is 11.0 Å². The van der Waals surface area contributed by atoms with E-state index in [0.717, 1.165) is 0 Å². The summed E-state index contributed by atoms with van der Waals surface area (Å²) in [6.07, 6.45) is 2.20. The van der Waals surface area contributed by atoms with Crippen LogP contribution in [-0.4, -0.2) is 13.9 Å². The molecule has 0 heterocycles. The first-order valence-corrected chi connectivity index (χ1v) is 10.4. The highest BCUT2D eigenvalue weighted by Gasteiger charge is 2.25. The molecule has 0 N–H and O–H groups in total. The monoisotopic (exact) mass is 290 g/mol. The Morgan fingerprint density at radius 2 is 1.40 bits per heavy atom. The van der Waals surface area contributed by atoms with Crippen LogP contribution in [0.4, 0.5) is 0 Å². The van der Waals surface area contributed by atoms with E-state index in [1.165, 1.54) is 11.1 Å². The molecule has 0 radical (unpaired) electrons. The third kappa shape index (κ3) is 6.06. The Bertz CT molecular complexity index is 456. The molecule has 0 unspecified atom stereocenters. The van der Waals surface area contributed by atoms with Gasteiger partial charge in [-0.05, 0) is 50.4 Å². The maximum absolute atomic E-state index is 6.18. The molecule has 0 fully saturated rings. The molecule has 0 amide bonds. The number of hydrogen-bond donors (Lipinski definition) is 0. The Hall–Kier alpha value is -0.863. The topological polar surface area (TPSA) is 9.23 Å². The summed E-state index contributed by atoms with van der Waals surface area (Å²) in [5, 5.41) is 0. The summed E-state index contributed by atoms with van der Waals surface area (Å²) < 4.78 is 6.18. The van der Waals surface area contributed by atoms with Crippen molar-refractivity contribution in [3.63, 3.8) is 0 Å². The normalized spacial score (nSPS) is 14.0. The van der Waals surface area contributed by atoms with Crippen LogP contribution in [0.3, 0.4) is 0 Å². The van der Waals surface area contributed by atoms with Gasteiger partial charge in [0.15, 0.2) is 0 Å². The second-order valence-electron chi connectivity index (χ2n) is 8.02. The standard InChI is InChI=1S/C18H30OSi/c1-17(2,3)16-11-9-15(10-12-16)13-14-20(7,8)19-18(4,5)6/h9-14H,1-8H3/b14-13+. The molecule has 0 aromatic heterocycles. The molecule has 2 heteroatoms. The van der Waals surface area contributed by atoms with E-state index in [0.29, 0.717) is 0 Å². The van der Waals surface area contributed by atoms with Crippen molar-refractivity contribution in [3.8, 4) is 0 Å². The van der Waals surface area contributed by atoms with Gasteiger partial charge in [-0.25, -0.2) is 0 Å². The minimum atomic E-state index is -1.75. The fourth-order valence-corrected chi connectivity index (χ4v) is 4.45. The summed E-state index contributed by atoms with van der Waals surface area (Å²) >= 11 is 0. The van der Waals surface area contributed by atoms with E-state index in [2.05, 4.69) is 90.7 Å². The molecule has 0 bridgehead atoms. The highest BCUT2D eigenvalue weighted by Crippen LogP contribution is 2.23. The minimum absolute atomic E-state index is 0.0733. The van der Waals surface area contributed by atoms with Crippen LogP contribution in [0.25, 0.3) is 6.08 Å². The summed E-state index contributed by atoms with van der Waals surface area (Å²) in [5.41, 5.74) is 5.03. The van der Waals surface area contributed by atoms with Gasteiger partial charge in [0.25, 0.3) is 0 Å². The van der Waals surface area contributed by atoms with Gasteiger partial charge in [0, 0.05) is 5.60 Å². The van der Waals surface area contributed by atoms with Crippen molar-refractivity contribution in [1.29, 1.82) is 0 Å². The fourth-order valence-electron chi connectivity index (χ4n) is 2.21. The maximum atomic E-state index is 6.18. The quantitative estimate of drug-likeness (QED) is 0.662. The molecule has 0 aliphatic rings. The third-order valence-electron chi connectivity index (χ3n) is 3.02. The summed E-state index contributed by atoms with van der Waals surface area (Å²) in [6, 6.07) is 8.83. The van der Waals surface area contributed by atoms with Gasteiger partial charge in [0.05, 0.1) is 0 Å². The highest BCUT2D eigenvalue weighted by molar-refractivity contribution is 6.76. The second kappa shape index (κ2) is 5.86. The molecule has 1 nitrogen and oxygen atoms in total. The molecule has 1 rings (SSSR count). The molecule has 1 aromatic rings. The van der Waals surface area contributed by atoms with Gasteiger partial charge >= 0.3 is 0 Å². The van der Waals surface area contributed by atoms with E-state index in [4.69, 9.17) is 4.43 Å². The minimum Gasteiger partial charge on any atom is -0.409 e. The molecule has 0 atom stereocenters. The molecular formula is C18H30OSi. The number of hydrogen-bond acceptors (Lipinski definition) is 1. The van der Waals surface area contributed by atoms with Crippen molar-refractivity contribution in [3.05, 3.63) is 41.1 Å². The molecule has 0 aliphatic heterocycles. The largest absolute Gasteiger partial charge is 0.409 e. The average Bonchev–Trinajstić information content (AvgIpc) is 2.22. The first-order valence-electron chi connectivity index (χ1n) is 7.39. The average molecular weight is 291 g/mol. The number of benzene rings is 1. The van der Waals surface area contributed by atoms with Crippen molar-refractivity contribution in [1.82, 2.24) is 0 Å². The highest BCUT2D eigenvalue weighted by atomic mass is 28.4. The zero-order valence-electron chi connectivity index (χ0n) is 14.4. The van der Waals surface area contributed by atoms with E-state index in [1.807, 2.05) is 0 Å². The van der Waals surface area contributed by atoms with Crippen molar-refractivity contribution < 1.29 is 4.43 Å². The SMILES string of the molecule is CC(C)(C)O[Si](C)(C)/C=C/c1ccc(C(C)(C)C)cc1. The maximum Gasteiger partial charge on any atom is 0.211 e. The molecule has 0 spiro atoms. The Kier molecular flexibility index (Phi) is 5.04. The lowest BCUT2D eigenvalue weighted by molar-refractivity contribution is 0.124. The first-order chi connectivity index (χ1) is 8.89. The number of rotatable bonds is 3. The van der Waals surface area contributed by atoms with Crippen LogP contribution < -0.4 is 0 Å². The van der Waals surface area contributed by atoms with Crippen molar-refractivity contribution in [2.45, 2.75) is 65.7 Å². The Labute approximate surface area is 126 Å². The Morgan fingerprint density at radius 3 is 1.80 bits per heavy atom. The van der Waals surface area contributed by atoms with Crippen LogP contribution in [0.1, 0.15) is 52.7 Å². The summed E-state index contributed by atoms with van der Waals surface area (Å²) in [6.45, 7) is 17.5. The smallest absolute Gasteiger partial charge is 0.211 e. The van der Waals surface area contributed by atoms with Gasteiger partial charge in [0.1, 0.15) is 0 Å². The van der Waals surface area contributed by atoms with Crippen molar-refractivity contribution in [2.75, 3.05) is 0 Å². The molecule has 1 aromatic carbocycles. The van der Waals surface area contributed by atoms with Crippen molar-refractivity contribution >= 4 is 14.4 Å². The Balaban J connectivity index is 2.81. The predicted molar refractivity (Wildman–Crippen MR) is 92.5 cm³/mol. The van der Waals surface area contributed by atoms with Crippen LogP contribution in [0.15, 0.2) is 30.0 Å². The molecule has 0 saturated heterocycles.